The van der Waals surface area contributed by atoms with E-state index in [2.05, 4.69) is 0 Å². The molecule has 0 aromatic carbocycles. The van der Waals surface area contributed by atoms with E-state index in [-0.39, 0.29) is 23.2 Å². The van der Waals surface area contributed by atoms with Crippen LogP contribution in [0.25, 0.3) is 0 Å². The van der Waals surface area contributed by atoms with Gasteiger partial charge in [0.15, 0.2) is 0 Å². The lowest BCUT2D eigenvalue weighted by atomic mass is 10.0. The van der Waals surface area contributed by atoms with Crippen molar-refractivity contribution in [3.05, 3.63) is 0 Å². The van der Waals surface area contributed by atoms with E-state index in [1.54, 1.807) is 13.8 Å². The van der Waals surface area contributed by atoms with Crippen molar-refractivity contribution in [3.8, 4) is 0 Å². The molecular formula is C10H20O3S. The summed E-state index contributed by atoms with van der Waals surface area (Å²) in [4.78, 5) is 11.2. The molecule has 0 aromatic heterocycles. The van der Waals surface area contributed by atoms with Crippen LogP contribution in [0.2, 0.25) is 0 Å². The second kappa shape index (κ2) is 6.17. The molecule has 0 saturated heterocycles. The third kappa shape index (κ3) is 5.37. The predicted molar refractivity (Wildman–Crippen MR) is 58.0 cm³/mol. The first-order valence-corrected chi connectivity index (χ1v) is 6.98. The summed E-state index contributed by atoms with van der Waals surface area (Å²) >= 11 is 0. The standard InChI is InChI=1S/C10H20O3S/c1-4-7-14(12,13)8-6-9(3)10(11)5-2/h9H,4-8H2,1-3H3. The number of ketones is 1. The van der Waals surface area contributed by atoms with Crippen LogP contribution < -0.4 is 0 Å². The zero-order valence-electron chi connectivity index (χ0n) is 9.25. The third-order valence-corrected chi connectivity index (χ3v) is 4.16. The van der Waals surface area contributed by atoms with Gasteiger partial charge in [-0.3, -0.25) is 4.79 Å². The topological polar surface area (TPSA) is 51.2 Å². The Bertz CT molecular complexity index is 267. The van der Waals surface area contributed by atoms with Crippen LogP contribution in [0, 0.1) is 5.92 Å². The quantitative estimate of drug-likeness (QED) is 0.657. The predicted octanol–water partition coefficient (Wildman–Crippen LogP) is 1.82. The van der Waals surface area contributed by atoms with E-state index in [0.717, 1.165) is 0 Å². The SMILES string of the molecule is CCCS(=O)(=O)CCC(C)C(=O)CC. The summed E-state index contributed by atoms with van der Waals surface area (Å²) in [5.74, 6) is 0.414. The molecule has 0 aliphatic rings. The summed E-state index contributed by atoms with van der Waals surface area (Å²) in [6, 6.07) is 0. The van der Waals surface area contributed by atoms with Crippen LogP contribution >= 0.6 is 0 Å². The van der Waals surface area contributed by atoms with Gasteiger partial charge < -0.3 is 0 Å². The van der Waals surface area contributed by atoms with Crippen LogP contribution in [-0.2, 0) is 14.6 Å². The summed E-state index contributed by atoms with van der Waals surface area (Å²) in [6.07, 6.45) is 1.61. The highest BCUT2D eigenvalue weighted by atomic mass is 32.2. The van der Waals surface area contributed by atoms with Crippen molar-refractivity contribution >= 4 is 15.6 Å². The Kier molecular flexibility index (Phi) is 6.00. The Morgan fingerprint density at radius 2 is 1.79 bits per heavy atom. The molecule has 1 unspecified atom stereocenters. The van der Waals surface area contributed by atoms with Crippen molar-refractivity contribution in [2.24, 2.45) is 5.92 Å². The van der Waals surface area contributed by atoms with E-state index in [9.17, 15) is 13.2 Å². The number of hydrogen-bond donors (Lipinski definition) is 0. The monoisotopic (exact) mass is 220 g/mol. The lowest BCUT2D eigenvalue weighted by molar-refractivity contribution is -0.122. The molecule has 3 nitrogen and oxygen atoms in total. The van der Waals surface area contributed by atoms with Crippen LogP contribution in [-0.4, -0.2) is 25.7 Å². The Morgan fingerprint density at radius 3 is 2.21 bits per heavy atom. The fourth-order valence-electron chi connectivity index (χ4n) is 1.28. The first-order chi connectivity index (χ1) is 6.43. The maximum atomic E-state index is 11.3. The summed E-state index contributed by atoms with van der Waals surface area (Å²) < 4.78 is 22.7. The smallest absolute Gasteiger partial charge is 0.150 e. The summed E-state index contributed by atoms with van der Waals surface area (Å²) in [7, 11) is -2.92. The summed E-state index contributed by atoms with van der Waals surface area (Å²) in [6.45, 7) is 5.45. The van der Waals surface area contributed by atoms with E-state index in [4.69, 9.17) is 0 Å². The minimum Gasteiger partial charge on any atom is -0.299 e. The van der Waals surface area contributed by atoms with Crippen LogP contribution in [0.4, 0.5) is 0 Å². The summed E-state index contributed by atoms with van der Waals surface area (Å²) in [5, 5.41) is 0. The highest BCUT2D eigenvalue weighted by Gasteiger charge is 2.15. The molecule has 0 fully saturated rings. The number of carbonyl (C=O) groups excluding carboxylic acids is 1. The molecule has 0 saturated carbocycles. The molecule has 0 aliphatic carbocycles. The van der Waals surface area contributed by atoms with Crippen molar-refractivity contribution in [2.45, 2.75) is 40.0 Å². The molecule has 0 heterocycles. The van der Waals surface area contributed by atoms with Gasteiger partial charge in [0.1, 0.15) is 15.6 Å². The van der Waals surface area contributed by atoms with Crippen molar-refractivity contribution in [1.29, 1.82) is 0 Å². The Hall–Kier alpha value is -0.380. The van der Waals surface area contributed by atoms with Gasteiger partial charge in [0.2, 0.25) is 0 Å². The van der Waals surface area contributed by atoms with Crippen LogP contribution in [0.1, 0.15) is 40.0 Å². The largest absolute Gasteiger partial charge is 0.299 e. The van der Waals surface area contributed by atoms with E-state index >= 15 is 0 Å². The fourth-order valence-corrected chi connectivity index (χ4v) is 2.82. The van der Waals surface area contributed by atoms with Gasteiger partial charge in [-0.1, -0.05) is 20.8 Å². The Balaban J connectivity index is 4.00. The van der Waals surface area contributed by atoms with Gasteiger partial charge in [0.25, 0.3) is 0 Å². The fraction of sp³-hybridized carbons (Fsp3) is 0.900. The number of hydrogen-bond acceptors (Lipinski definition) is 3. The van der Waals surface area contributed by atoms with Gasteiger partial charge >= 0.3 is 0 Å². The molecule has 0 rings (SSSR count). The highest BCUT2D eigenvalue weighted by molar-refractivity contribution is 7.91. The van der Waals surface area contributed by atoms with Crippen molar-refractivity contribution in [2.75, 3.05) is 11.5 Å². The van der Waals surface area contributed by atoms with Gasteiger partial charge in [-0.15, -0.1) is 0 Å². The van der Waals surface area contributed by atoms with Gasteiger partial charge in [-0.05, 0) is 12.8 Å². The number of carbonyl (C=O) groups is 1. The van der Waals surface area contributed by atoms with E-state index in [0.29, 0.717) is 19.3 Å². The number of sulfone groups is 1. The minimum absolute atomic E-state index is 0.119. The van der Waals surface area contributed by atoms with Crippen molar-refractivity contribution in [3.63, 3.8) is 0 Å². The molecule has 0 spiro atoms. The summed E-state index contributed by atoms with van der Waals surface area (Å²) in [5.41, 5.74) is 0. The van der Waals surface area contributed by atoms with Gasteiger partial charge in [-0.2, -0.15) is 0 Å². The first-order valence-electron chi connectivity index (χ1n) is 5.16. The van der Waals surface area contributed by atoms with Crippen LogP contribution in [0.5, 0.6) is 0 Å². The zero-order chi connectivity index (χ0) is 11.2. The molecule has 0 aliphatic heterocycles. The molecular weight excluding hydrogens is 200 g/mol. The molecule has 14 heavy (non-hydrogen) atoms. The molecule has 0 radical (unpaired) electrons. The molecule has 0 N–H and O–H groups in total. The highest BCUT2D eigenvalue weighted by Crippen LogP contribution is 2.08. The molecule has 0 aromatic rings. The first kappa shape index (κ1) is 13.6. The third-order valence-electron chi connectivity index (χ3n) is 2.28. The van der Waals surface area contributed by atoms with E-state index in [1.165, 1.54) is 0 Å². The molecule has 0 bridgehead atoms. The average Bonchev–Trinajstić information content (AvgIpc) is 2.13. The Morgan fingerprint density at radius 1 is 1.21 bits per heavy atom. The van der Waals surface area contributed by atoms with Gasteiger partial charge in [0.05, 0.1) is 5.75 Å². The average molecular weight is 220 g/mol. The lowest BCUT2D eigenvalue weighted by Gasteiger charge is -2.08. The Labute approximate surface area is 86.8 Å². The molecule has 0 amide bonds. The number of rotatable bonds is 7. The number of Topliss-reactive ketones (excluding diaryl/α,β-unsaturated/α-hetero) is 1. The van der Waals surface area contributed by atoms with Gasteiger partial charge in [0, 0.05) is 18.1 Å². The van der Waals surface area contributed by atoms with Crippen LogP contribution in [0.3, 0.4) is 0 Å². The van der Waals surface area contributed by atoms with Gasteiger partial charge in [-0.25, -0.2) is 8.42 Å². The van der Waals surface area contributed by atoms with Crippen LogP contribution in [0.15, 0.2) is 0 Å². The maximum absolute atomic E-state index is 11.3. The zero-order valence-corrected chi connectivity index (χ0v) is 10.1. The van der Waals surface area contributed by atoms with Crippen molar-refractivity contribution < 1.29 is 13.2 Å². The molecule has 4 heteroatoms. The maximum Gasteiger partial charge on any atom is 0.150 e. The van der Waals surface area contributed by atoms with Crippen molar-refractivity contribution in [1.82, 2.24) is 0 Å². The lowest BCUT2D eigenvalue weighted by Crippen LogP contribution is -2.17. The molecule has 1 atom stereocenters. The van der Waals surface area contributed by atoms with E-state index in [1.807, 2.05) is 6.92 Å². The molecule has 84 valence electrons. The minimum atomic E-state index is -2.92. The van der Waals surface area contributed by atoms with E-state index < -0.39 is 9.84 Å². The normalized spacial score (nSPS) is 13.9. The second-order valence-electron chi connectivity index (χ2n) is 3.66. The second-order valence-corrected chi connectivity index (χ2v) is 5.97.